The Balaban J connectivity index is 1.69. The first kappa shape index (κ1) is 30.2. The number of carbonyl (C=O) groups excluding carboxylic acids is 2. The van der Waals surface area contributed by atoms with Crippen LogP contribution < -0.4 is 0 Å². The summed E-state index contributed by atoms with van der Waals surface area (Å²) in [5.41, 5.74) is -7.93. The van der Waals surface area contributed by atoms with E-state index in [0.717, 1.165) is 30.3 Å². The van der Waals surface area contributed by atoms with E-state index in [0.29, 0.717) is 6.07 Å². The third-order valence-electron chi connectivity index (χ3n) is 8.71. The molecule has 2 aromatic rings. The molecule has 3 aliphatic rings. The minimum Gasteiger partial charge on any atom is -0.336 e. The second-order valence-corrected chi connectivity index (χ2v) is 13.0. The quantitative estimate of drug-likeness (QED) is 0.452. The van der Waals surface area contributed by atoms with Gasteiger partial charge in [-0.1, -0.05) is 24.3 Å². The summed E-state index contributed by atoms with van der Waals surface area (Å²) in [4.78, 5) is 27.7. The number of carbonyl (C=O) groups is 2. The average Bonchev–Trinajstić information content (AvgIpc) is 3.47. The van der Waals surface area contributed by atoms with Gasteiger partial charge < -0.3 is 9.80 Å². The number of benzene rings is 2. The zero-order valence-corrected chi connectivity index (χ0v) is 22.7. The van der Waals surface area contributed by atoms with Crippen LogP contribution in [0.3, 0.4) is 0 Å². The van der Waals surface area contributed by atoms with Crippen LogP contribution in [0.5, 0.6) is 0 Å². The fraction of sp³-hybridized carbons (Fsp3) is 0.481. The van der Waals surface area contributed by atoms with E-state index in [1.807, 2.05) is 0 Å². The number of nitrogens with zero attached hydrogens (tertiary/aromatic N) is 2. The van der Waals surface area contributed by atoms with Crippen molar-refractivity contribution < 1.29 is 53.1 Å². The van der Waals surface area contributed by atoms with Gasteiger partial charge in [0.1, 0.15) is 16.6 Å². The van der Waals surface area contributed by atoms with Crippen LogP contribution in [-0.4, -0.2) is 68.1 Å². The lowest BCUT2D eigenvalue weighted by Crippen LogP contribution is -2.55. The zero-order chi connectivity index (χ0) is 31.0. The summed E-state index contributed by atoms with van der Waals surface area (Å²) in [6, 6.07) is 3.28. The average molecular weight is 625 g/mol. The number of aryl methyl sites for hydroxylation is 1. The van der Waals surface area contributed by atoms with Gasteiger partial charge in [0.15, 0.2) is 9.84 Å². The molecule has 0 radical (unpaired) electrons. The Morgan fingerprint density at radius 3 is 2.19 bits per heavy atom. The molecule has 2 unspecified atom stereocenters. The molecule has 0 aromatic heterocycles. The number of likely N-dealkylation sites (tertiary alicyclic amines) is 2. The number of rotatable bonds is 4. The fourth-order valence-electron chi connectivity index (χ4n) is 6.62. The van der Waals surface area contributed by atoms with Gasteiger partial charge in [0, 0.05) is 25.6 Å². The highest BCUT2D eigenvalue weighted by atomic mass is 32.2. The molecule has 6 nitrogen and oxygen atoms in total. The van der Waals surface area contributed by atoms with Crippen LogP contribution in [0.2, 0.25) is 0 Å². The van der Waals surface area contributed by atoms with E-state index < -0.39 is 66.9 Å². The smallest absolute Gasteiger partial charge is 0.336 e. The second-order valence-electron chi connectivity index (χ2n) is 10.8. The highest BCUT2D eigenvalue weighted by Crippen LogP contribution is 2.56. The summed E-state index contributed by atoms with van der Waals surface area (Å²) in [5, 5.41) is 0. The van der Waals surface area contributed by atoms with Crippen molar-refractivity contribution in [1.82, 2.24) is 9.80 Å². The van der Waals surface area contributed by atoms with Gasteiger partial charge in [-0.05, 0) is 55.0 Å². The first-order valence-electron chi connectivity index (χ1n) is 12.9. The maximum Gasteiger partial charge on any atom is 0.435 e. The number of halogens is 8. The summed E-state index contributed by atoms with van der Waals surface area (Å²) < 4.78 is 137. The van der Waals surface area contributed by atoms with Crippen LogP contribution in [-0.2, 0) is 36.3 Å². The standard InChI is InChI=1S/C27H24F8N2O4S/c1-36-20(8-10-22(36)38)23(39)37-12-11-24(42(40,41)18-4-2-3-17(28)14-18)19-7-6-16(13-15(19)5-9-21(24)37)25(29,26(30,31)32)27(33,34)35/h2-4,6-7,13-14,20-21H,5,8-12H2,1H3/t20-,21?,24?/m0/s1. The van der Waals surface area contributed by atoms with Crippen molar-refractivity contribution in [2.75, 3.05) is 13.6 Å². The van der Waals surface area contributed by atoms with Crippen molar-refractivity contribution in [3.8, 4) is 0 Å². The van der Waals surface area contributed by atoms with Gasteiger partial charge in [0.2, 0.25) is 11.8 Å². The molecular formula is C27H24F8N2O4S. The molecule has 0 saturated carbocycles. The lowest BCUT2D eigenvalue weighted by atomic mass is 9.76. The fourth-order valence-corrected chi connectivity index (χ4v) is 9.02. The lowest BCUT2D eigenvalue weighted by molar-refractivity contribution is -0.348. The van der Waals surface area contributed by atoms with Crippen LogP contribution in [0.4, 0.5) is 35.1 Å². The minimum absolute atomic E-state index is 0.0904. The van der Waals surface area contributed by atoms with Crippen LogP contribution in [0, 0.1) is 5.82 Å². The first-order valence-corrected chi connectivity index (χ1v) is 14.4. The number of sulfone groups is 1. The van der Waals surface area contributed by atoms with E-state index in [-0.39, 0.29) is 61.7 Å². The van der Waals surface area contributed by atoms with Crippen molar-refractivity contribution in [2.24, 2.45) is 0 Å². The van der Waals surface area contributed by atoms with Gasteiger partial charge in [-0.2, -0.15) is 26.3 Å². The molecule has 42 heavy (non-hydrogen) atoms. The maximum absolute atomic E-state index is 14.9. The Kier molecular flexibility index (Phi) is 6.94. The lowest BCUT2D eigenvalue weighted by Gasteiger charge is -2.43. The van der Waals surface area contributed by atoms with Crippen molar-refractivity contribution in [3.63, 3.8) is 0 Å². The molecular weight excluding hydrogens is 600 g/mol. The Bertz CT molecular complexity index is 1540. The van der Waals surface area contributed by atoms with Gasteiger partial charge in [-0.15, -0.1) is 0 Å². The largest absolute Gasteiger partial charge is 0.435 e. The number of likely N-dealkylation sites (N-methyl/N-ethyl adjacent to an activating group) is 1. The van der Waals surface area contributed by atoms with E-state index >= 15 is 0 Å². The molecule has 15 heteroatoms. The predicted octanol–water partition coefficient (Wildman–Crippen LogP) is 4.95. The monoisotopic (exact) mass is 624 g/mol. The van der Waals surface area contributed by atoms with Gasteiger partial charge in [-0.25, -0.2) is 17.2 Å². The van der Waals surface area contributed by atoms with Crippen molar-refractivity contribution in [2.45, 2.75) is 71.9 Å². The molecule has 0 bridgehead atoms. The topological polar surface area (TPSA) is 74.8 Å². The summed E-state index contributed by atoms with van der Waals surface area (Å²) in [5.74, 6) is -1.76. The molecule has 0 N–H and O–H groups in total. The molecule has 228 valence electrons. The number of alkyl halides is 7. The van der Waals surface area contributed by atoms with E-state index in [1.165, 1.54) is 16.8 Å². The zero-order valence-electron chi connectivity index (χ0n) is 21.9. The number of hydrogen-bond acceptors (Lipinski definition) is 4. The summed E-state index contributed by atoms with van der Waals surface area (Å²) in [6.07, 6.45) is -13.3. The van der Waals surface area contributed by atoms with Crippen molar-refractivity contribution >= 4 is 21.7 Å². The number of amides is 2. The van der Waals surface area contributed by atoms with Gasteiger partial charge >= 0.3 is 18.0 Å². The second kappa shape index (κ2) is 9.64. The van der Waals surface area contributed by atoms with E-state index in [4.69, 9.17) is 0 Å². The van der Waals surface area contributed by atoms with Gasteiger partial charge in [0.05, 0.1) is 10.9 Å². The Labute approximate surface area is 235 Å². The van der Waals surface area contributed by atoms with Crippen LogP contribution in [0.1, 0.15) is 42.4 Å². The molecule has 2 amide bonds. The molecule has 2 fully saturated rings. The number of hydrogen-bond donors (Lipinski definition) is 0. The van der Waals surface area contributed by atoms with E-state index in [1.54, 1.807) is 0 Å². The maximum atomic E-state index is 14.9. The Morgan fingerprint density at radius 2 is 1.62 bits per heavy atom. The first-order chi connectivity index (χ1) is 19.4. The SMILES string of the molecule is CN1C(=O)CC[C@H]1C(=O)N1CCC2(S(=O)(=O)c3cccc(F)c3)c3ccc(C(F)(C(F)(F)F)C(F)(F)F)cc3CCC12. The molecule has 2 aromatic carbocycles. The normalized spacial score (nSPS) is 25.0. The van der Waals surface area contributed by atoms with E-state index in [9.17, 15) is 53.1 Å². The van der Waals surface area contributed by atoms with Crippen molar-refractivity contribution in [1.29, 1.82) is 0 Å². The molecule has 1 aliphatic carbocycles. The van der Waals surface area contributed by atoms with Crippen LogP contribution in [0.25, 0.3) is 0 Å². The summed E-state index contributed by atoms with van der Waals surface area (Å²) in [6.45, 7) is -0.171. The third kappa shape index (κ3) is 4.13. The van der Waals surface area contributed by atoms with Gasteiger partial charge in [0.25, 0.3) is 0 Å². The highest BCUT2D eigenvalue weighted by Gasteiger charge is 2.74. The molecule has 3 atom stereocenters. The van der Waals surface area contributed by atoms with Gasteiger partial charge in [-0.3, -0.25) is 9.59 Å². The van der Waals surface area contributed by atoms with E-state index in [2.05, 4.69) is 0 Å². The molecule has 2 aliphatic heterocycles. The molecule has 5 rings (SSSR count). The predicted molar refractivity (Wildman–Crippen MR) is 131 cm³/mol. The Hall–Kier alpha value is -3.23. The molecule has 2 heterocycles. The summed E-state index contributed by atoms with van der Waals surface area (Å²) >= 11 is 0. The molecule has 2 saturated heterocycles. The molecule has 0 spiro atoms. The minimum atomic E-state index is -6.37. The van der Waals surface area contributed by atoms with Crippen LogP contribution >= 0.6 is 0 Å². The third-order valence-corrected chi connectivity index (χ3v) is 11.2. The highest BCUT2D eigenvalue weighted by molar-refractivity contribution is 7.92. The van der Waals surface area contributed by atoms with Crippen molar-refractivity contribution in [3.05, 3.63) is 65.0 Å². The van der Waals surface area contributed by atoms with Crippen LogP contribution in [0.15, 0.2) is 47.4 Å². The number of fused-ring (bicyclic) bond motifs is 3. The summed E-state index contributed by atoms with van der Waals surface area (Å²) in [7, 11) is -3.24. The Morgan fingerprint density at radius 1 is 0.952 bits per heavy atom.